The van der Waals surface area contributed by atoms with Gasteiger partial charge in [0.05, 0.1) is 26.3 Å². The standard InChI is InChI=1S/C21H16Cl3NO3/c22-17-7-3-14(9-19(17)24)12-28-16-5-1-13(2-6-16)11-25-20-10-15(21(26)27)4-8-18(20)23/h1-10,25H,11-12H2,(H,26,27). The molecule has 0 spiro atoms. The maximum absolute atomic E-state index is 11.1. The van der Waals surface area contributed by atoms with E-state index in [1.54, 1.807) is 18.2 Å². The van der Waals surface area contributed by atoms with Crippen LogP contribution in [0.25, 0.3) is 0 Å². The minimum atomic E-state index is -0.997. The molecule has 3 aromatic carbocycles. The number of benzene rings is 3. The van der Waals surface area contributed by atoms with Gasteiger partial charge in [-0.2, -0.15) is 0 Å². The van der Waals surface area contributed by atoms with Gasteiger partial charge in [-0.3, -0.25) is 0 Å². The Kier molecular flexibility index (Phi) is 6.68. The normalized spacial score (nSPS) is 10.5. The van der Waals surface area contributed by atoms with Crippen LogP contribution in [-0.2, 0) is 13.2 Å². The first-order chi connectivity index (χ1) is 13.4. The molecule has 0 unspecified atom stereocenters. The van der Waals surface area contributed by atoms with Gasteiger partial charge in [-0.15, -0.1) is 0 Å². The summed E-state index contributed by atoms with van der Waals surface area (Å²) in [4.78, 5) is 11.1. The number of rotatable bonds is 7. The molecule has 28 heavy (non-hydrogen) atoms. The van der Waals surface area contributed by atoms with E-state index < -0.39 is 5.97 Å². The molecule has 144 valence electrons. The van der Waals surface area contributed by atoms with E-state index in [0.29, 0.717) is 33.9 Å². The van der Waals surface area contributed by atoms with Crippen molar-refractivity contribution in [3.05, 3.63) is 92.4 Å². The highest BCUT2D eigenvalue weighted by atomic mass is 35.5. The van der Waals surface area contributed by atoms with Crippen molar-refractivity contribution in [3.8, 4) is 5.75 Å². The molecule has 0 aliphatic carbocycles. The first-order valence-electron chi connectivity index (χ1n) is 8.35. The molecule has 4 nitrogen and oxygen atoms in total. The zero-order chi connectivity index (χ0) is 20.1. The van der Waals surface area contributed by atoms with Crippen molar-refractivity contribution in [3.63, 3.8) is 0 Å². The quantitative estimate of drug-likeness (QED) is 0.442. The fraction of sp³-hybridized carbons (Fsp3) is 0.0952. The summed E-state index contributed by atoms with van der Waals surface area (Å²) in [6.07, 6.45) is 0. The highest BCUT2D eigenvalue weighted by Crippen LogP contribution is 2.25. The first-order valence-corrected chi connectivity index (χ1v) is 9.48. The Morgan fingerprint density at radius 1 is 0.857 bits per heavy atom. The van der Waals surface area contributed by atoms with Gasteiger partial charge >= 0.3 is 5.97 Å². The van der Waals surface area contributed by atoms with E-state index >= 15 is 0 Å². The van der Waals surface area contributed by atoms with Crippen molar-refractivity contribution in [2.24, 2.45) is 0 Å². The number of carboxylic acids is 1. The van der Waals surface area contributed by atoms with Crippen molar-refractivity contribution in [1.82, 2.24) is 0 Å². The lowest BCUT2D eigenvalue weighted by Gasteiger charge is -2.11. The molecular formula is C21H16Cl3NO3. The lowest BCUT2D eigenvalue weighted by Crippen LogP contribution is -2.03. The fourth-order valence-corrected chi connectivity index (χ4v) is 3.00. The molecule has 0 amide bonds. The van der Waals surface area contributed by atoms with Crippen LogP contribution in [0, 0.1) is 0 Å². The van der Waals surface area contributed by atoms with E-state index in [2.05, 4.69) is 5.32 Å². The van der Waals surface area contributed by atoms with Gasteiger partial charge in [-0.05, 0) is 53.6 Å². The van der Waals surface area contributed by atoms with Crippen LogP contribution in [0.4, 0.5) is 5.69 Å². The molecule has 0 aromatic heterocycles. The summed E-state index contributed by atoms with van der Waals surface area (Å²) in [7, 11) is 0. The van der Waals surface area contributed by atoms with E-state index in [0.717, 1.165) is 16.9 Å². The Morgan fingerprint density at radius 2 is 1.54 bits per heavy atom. The number of carboxylic acid groups (broad SMARTS) is 1. The van der Waals surface area contributed by atoms with Gasteiger partial charge in [0.15, 0.2) is 0 Å². The molecule has 7 heteroatoms. The minimum absolute atomic E-state index is 0.179. The van der Waals surface area contributed by atoms with Crippen LogP contribution < -0.4 is 10.1 Å². The van der Waals surface area contributed by atoms with Gasteiger partial charge in [0, 0.05) is 6.54 Å². The van der Waals surface area contributed by atoms with Crippen LogP contribution >= 0.6 is 34.8 Å². The molecule has 0 saturated heterocycles. The smallest absolute Gasteiger partial charge is 0.335 e. The molecule has 0 bridgehead atoms. The molecule has 0 radical (unpaired) electrons. The van der Waals surface area contributed by atoms with Crippen LogP contribution in [0.5, 0.6) is 5.75 Å². The zero-order valence-electron chi connectivity index (χ0n) is 14.6. The Morgan fingerprint density at radius 3 is 2.21 bits per heavy atom. The Labute approximate surface area is 177 Å². The molecule has 3 rings (SSSR count). The van der Waals surface area contributed by atoms with Gasteiger partial charge in [0.25, 0.3) is 0 Å². The maximum atomic E-state index is 11.1. The van der Waals surface area contributed by atoms with E-state index in [-0.39, 0.29) is 5.56 Å². The van der Waals surface area contributed by atoms with Gasteiger partial charge in [0.1, 0.15) is 12.4 Å². The summed E-state index contributed by atoms with van der Waals surface area (Å²) < 4.78 is 5.76. The summed E-state index contributed by atoms with van der Waals surface area (Å²) in [6, 6.07) is 17.5. The number of ether oxygens (including phenoxy) is 1. The lowest BCUT2D eigenvalue weighted by atomic mass is 10.1. The Bertz CT molecular complexity index is 991. The van der Waals surface area contributed by atoms with E-state index in [1.165, 1.54) is 12.1 Å². The molecule has 3 aromatic rings. The third kappa shape index (κ3) is 5.32. The first kappa shape index (κ1) is 20.3. The van der Waals surface area contributed by atoms with Crippen molar-refractivity contribution < 1.29 is 14.6 Å². The van der Waals surface area contributed by atoms with Gasteiger partial charge < -0.3 is 15.2 Å². The van der Waals surface area contributed by atoms with E-state index in [1.807, 2.05) is 30.3 Å². The molecule has 0 heterocycles. The van der Waals surface area contributed by atoms with E-state index in [9.17, 15) is 4.79 Å². The average Bonchev–Trinajstić information content (AvgIpc) is 2.69. The summed E-state index contributed by atoms with van der Waals surface area (Å²) in [5.41, 5.74) is 2.67. The SMILES string of the molecule is O=C(O)c1ccc(Cl)c(NCc2ccc(OCc3ccc(Cl)c(Cl)c3)cc2)c1. The second-order valence-electron chi connectivity index (χ2n) is 6.03. The highest BCUT2D eigenvalue weighted by molar-refractivity contribution is 6.42. The predicted molar refractivity (Wildman–Crippen MR) is 113 cm³/mol. The number of carbonyl (C=O) groups is 1. The van der Waals surface area contributed by atoms with Gasteiger partial charge in [-0.1, -0.05) is 53.0 Å². The number of nitrogens with one attached hydrogen (secondary N) is 1. The Hall–Kier alpha value is -2.40. The van der Waals surface area contributed by atoms with E-state index in [4.69, 9.17) is 44.6 Å². The molecule has 0 fully saturated rings. The topological polar surface area (TPSA) is 58.6 Å². The predicted octanol–water partition coefficient (Wildman–Crippen LogP) is 6.54. The van der Waals surface area contributed by atoms with Crippen LogP contribution in [0.15, 0.2) is 60.7 Å². The second kappa shape index (κ2) is 9.20. The summed E-state index contributed by atoms with van der Waals surface area (Å²) in [5, 5.41) is 13.7. The van der Waals surface area contributed by atoms with Gasteiger partial charge in [-0.25, -0.2) is 4.79 Å². The number of halogens is 3. The van der Waals surface area contributed by atoms with Crippen molar-refractivity contribution in [2.75, 3.05) is 5.32 Å². The Balaban J connectivity index is 1.58. The molecule has 0 aliphatic rings. The fourth-order valence-electron chi connectivity index (χ4n) is 2.49. The number of aromatic carboxylic acids is 1. The lowest BCUT2D eigenvalue weighted by molar-refractivity contribution is 0.0697. The minimum Gasteiger partial charge on any atom is -0.489 e. The molecule has 2 N–H and O–H groups in total. The van der Waals surface area contributed by atoms with Crippen molar-refractivity contribution in [2.45, 2.75) is 13.2 Å². The third-order valence-corrected chi connectivity index (χ3v) is 5.08. The molecule has 0 saturated carbocycles. The molecular weight excluding hydrogens is 421 g/mol. The van der Waals surface area contributed by atoms with Crippen LogP contribution in [0.3, 0.4) is 0 Å². The highest BCUT2D eigenvalue weighted by Gasteiger charge is 2.07. The average molecular weight is 437 g/mol. The largest absolute Gasteiger partial charge is 0.489 e. The van der Waals surface area contributed by atoms with Crippen LogP contribution in [0.1, 0.15) is 21.5 Å². The monoisotopic (exact) mass is 435 g/mol. The van der Waals surface area contributed by atoms with Gasteiger partial charge in [0.2, 0.25) is 0 Å². The number of hydrogen-bond donors (Lipinski definition) is 2. The van der Waals surface area contributed by atoms with Crippen LogP contribution in [0.2, 0.25) is 15.1 Å². The number of hydrogen-bond acceptors (Lipinski definition) is 3. The zero-order valence-corrected chi connectivity index (χ0v) is 16.9. The molecule has 0 aliphatic heterocycles. The molecule has 0 atom stereocenters. The van der Waals surface area contributed by atoms with Crippen LogP contribution in [-0.4, -0.2) is 11.1 Å². The maximum Gasteiger partial charge on any atom is 0.335 e. The van der Waals surface area contributed by atoms with Crippen molar-refractivity contribution >= 4 is 46.5 Å². The summed E-state index contributed by atoms with van der Waals surface area (Å²) in [5.74, 6) is -0.274. The number of anilines is 1. The van der Waals surface area contributed by atoms with Crippen molar-refractivity contribution in [1.29, 1.82) is 0 Å². The second-order valence-corrected chi connectivity index (χ2v) is 7.26. The third-order valence-electron chi connectivity index (χ3n) is 4.01. The summed E-state index contributed by atoms with van der Waals surface area (Å²) in [6.45, 7) is 0.877. The summed E-state index contributed by atoms with van der Waals surface area (Å²) >= 11 is 18.0.